The first-order valence-electron chi connectivity index (χ1n) is 10.6. The molecule has 10 heteroatoms. The predicted octanol–water partition coefficient (Wildman–Crippen LogP) is 1.57. The maximum absolute atomic E-state index is 14.4. The van der Waals surface area contributed by atoms with Crippen molar-refractivity contribution >= 4 is 22.6 Å². The fourth-order valence-electron chi connectivity index (χ4n) is 5.36. The van der Waals surface area contributed by atoms with E-state index in [0.29, 0.717) is 29.7 Å². The molecule has 3 aromatic rings. The number of rotatable bonds is 1. The average molecular weight is 451 g/mol. The summed E-state index contributed by atoms with van der Waals surface area (Å²) in [6.45, 7) is 1.82. The molecule has 0 aliphatic carbocycles. The van der Waals surface area contributed by atoms with E-state index in [1.807, 2.05) is 4.57 Å². The highest BCUT2D eigenvalue weighted by Gasteiger charge is 2.45. The summed E-state index contributed by atoms with van der Waals surface area (Å²) < 4.78 is 22.8. The van der Waals surface area contributed by atoms with Crippen LogP contribution >= 0.6 is 0 Å². The van der Waals surface area contributed by atoms with Crippen molar-refractivity contribution in [2.24, 2.45) is 5.16 Å². The third-order valence-corrected chi connectivity index (χ3v) is 7.04. The van der Waals surface area contributed by atoms with Crippen LogP contribution in [0, 0.1) is 5.82 Å². The molecule has 1 atom stereocenters. The van der Waals surface area contributed by atoms with E-state index < -0.39 is 28.4 Å². The minimum absolute atomic E-state index is 0.00558. The average Bonchev–Trinajstić information content (AvgIpc) is 3.20. The minimum atomic E-state index is -1.99. The molecule has 0 bridgehead atoms. The van der Waals surface area contributed by atoms with Gasteiger partial charge in [-0.1, -0.05) is 12.1 Å². The van der Waals surface area contributed by atoms with Crippen LogP contribution in [-0.2, 0) is 34.8 Å². The van der Waals surface area contributed by atoms with Crippen LogP contribution in [-0.4, -0.2) is 31.1 Å². The van der Waals surface area contributed by atoms with Crippen molar-refractivity contribution in [2.75, 3.05) is 0 Å². The molecular formula is C23H18FN3O6. The molecule has 0 fully saturated rings. The van der Waals surface area contributed by atoms with E-state index in [1.165, 1.54) is 16.7 Å². The van der Waals surface area contributed by atoms with Crippen LogP contribution in [0.5, 0.6) is 0 Å². The maximum Gasteiger partial charge on any atom is 0.343 e. The molecular weight excluding hydrogens is 433 g/mol. The number of carbonyl (C=O) groups excluding carboxylic acids is 1. The molecule has 0 unspecified atom stereocenters. The van der Waals surface area contributed by atoms with Gasteiger partial charge in [0.2, 0.25) is 0 Å². The van der Waals surface area contributed by atoms with E-state index in [1.54, 1.807) is 6.92 Å². The number of esters is 1. The van der Waals surface area contributed by atoms with Gasteiger partial charge >= 0.3 is 5.97 Å². The number of nitrogens with zero attached hydrogens (tertiary/aromatic N) is 3. The summed E-state index contributed by atoms with van der Waals surface area (Å²) in [5, 5.41) is 23.8. The maximum atomic E-state index is 14.4. The number of aromatic nitrogens is 2. The van der Waals surface area contributed by atoms with Gasteiger partial charge < -0.3 is 24.2 Å². The molecule has 0 saturated carbocycles. The number of aliphatic hydroxyl groups is 1. The molecule has 2 aromatic heterocycles. The normalized spacial score (nSPS) is 21.7. The zero-order chi connectivity index (χ0) is 23.2. The van der Waals surface area contributed by atoms with Crippen LogP contribution in [0.2, 0.25) is 0 Å². The molecule has 0 radical (unpaired) electrons. The Bertz CT molecular complexity index is 1580. The highest BCUT2D eigenvalue weighted by Crippen LogP contribution is 2.39. The number of pyridine rings is 2. The first-order chi connectivity index (χ1) is 15.8. The topological polar surface area (TPSA) is 123 Å². The molecule has 1 aromatic carbocycles. The quantitative estimate of drug-likeness (QED) is 0.257. The summed E-state index contributed by atoms with van der Waals surface area (Å²) in [6.07, 6.45) is 0.311. The van der Waals surface area contributed by atoms with Crippen molar-refractivity contribution in [3.63, 3.8) is 0 Å². The number of ether oxygens (including phenoxy) is 1. The largest absolute Gasteiger partial charge is 0.458 e. The predicted molar refractivity (Wildman–Crippen MR) is 114 cm³/mol. The van der Waals surface area contributed by atoms with E-state index in [4.69, 9.17) is 4.74 Å². The van der Waals surface area contributed by atoms with Crippen molar-refractivity contribution in [3.8, 4) is 11.3 Å². The summed E-state index contributed by atoms with van der Waals surface area (Å²) >= 11 is 0. The van der Waals surface area contributed by atoms with Crippen molar-refractivity contribution < 1.29 is 24.2 Å². The van der Waals surface area contributed by atoms with Gasteiger partial charge in [0, 0.05) is 29.5 Å². The second kappa shape index (κ2) is 6.38. The smallest absolute Gasteiger partial charge is 0.343 e. The number of fused-ring (bicyclic) bond motifs is 5. The van der Waals surface area contributed by atoms with Gasteiger partial charge in [-0.05, 0) is 24.6 Å². The number of cyclic esters (lactones) is 1. The Morgan fingerprint density at radius 1 is 1.21 bits per heavy atom. The number of halogens is 1. The van der Waals surface area contributed by atoms with Crippen LogP contribution in [0.25, 0.3) is 22.2 Å². The summed E-state index contributed by atoms with van der Waals surface area (Å²) in [5.41, 5.74) is -0.444. The second-order valence-electron chi connectivity index (χ2n) is 8.55. The van der Waals surface area contributed by atoms with Crippen molar-refractivity contribution in [3.05, 3.63) is 67.0 Å². The van der Waals surface area contributed by atoms with Gasteiger partial charge in [-0.25, -0.2) is 9.18 Å². The Balaban J connectivity index is 1.73. The summed E-state index contributed by atoms with van der Waals surface area (Å²) in [7, 11) is 0. The first-order valence-corrected chi connectivity index (χ1v) is 10.6. The minimum Gasteiger partial charge on any atom is -0.458 e. The Labute approximate surface area is 184 Å². The highest BCUT2D eigenvalue weighted by molar-refractivity contribution is 6.11. The standard InChI is InChI=1S/C23H18FN3O6/c1-2-23(31)14-7-16-18-17(8-27(16)21(29)13(14)9-33-22(23)30)26-4-3-15(25-32)11-5-10(24)6-12(19(11)26)20(18)28/h5-7,31-32H,2-4,8-9H2,1H3/b25-15+/t23-/m0/s1. The highest BCUT2D eigenvalue weighted by atomic mass is 19.1. The van der Waals surface area contributed by atoms with E-state index in [-0.39, 0.29) is 53.1 Å². The molecule has 0 saturated heterocycles. The summed E-state index contributed by atoms with van der Waals surface area (Å²) in [4.78, 5) is 39.3. The molecule has 33 heavy (non-hydrogen) atoms. The number of hydrogen-bond acceptors (Lipinski definition) is 7. The molecule has 0 spiro atoms. The lowest BCUT2D eigenvalue weighted by Crippen LogP contribution is -2.44. The number of oxime groups is 1. The lowest BCUT2D eigenvalue weighted by atomic mass is 9.85. The van der Waals surface area contributed by atoms with E-state index in [2.05, 4.69) is 5.16 Å². The van der Waals surface area contributed by atoms with Crippen molar-refractivity contribution in [1.29, 1.82) is 0 Å². The van der Waals surface area contributed by atoms with Crippen LogP contribution in [0.15, 0.2) is 32.9 Å². The molecule has 3 aliphatic rings. The van der Waals surface area contributed by atoms with Gasteiger partial charge in [0.05, 0.1) is 40.3 Å². The van der Waals surface area contributed by atoms with Crippen molar-refractivity contribution in [2.45, 2.75) is 45.1 Å². The van der Waals surface area contributed by atoms with Gasteiger partial charge in [0.1, 0.15) is 12.4 Å². The Morgan fingerprint density at radius 2 is 2.00 bits per heavy atom. The van der Waals surface area contributed by atoms with E-state index in [9.17, 15) is 29.1 Å². The number of benzene rings is 1. The van der Waals surface area contributed by atoms with E-state index >= 15 is 0 Å². The van der Waals surface area contributed by atoms with Crippen LogP contribution in [0.4, 0.5) is 4.39 Å². The van der Waals surface area contributed by atoms with Crippen LogP contribution < -0.4 is 11.0 Å². The number of hydrogen-bond donors (Lipinski definition) is 2. The van der Waals surface area contributed by atoms with Crippen molar-refractivity contribution in [1.82, 2.24) is 9.13 Å². The van der Waals surface area contributed by atoms with Gasteiger partial charge in [-0.3, -0.25) is 9.59 Å². The van der Waals surface area contributed by atoms with Gasteiger partial charge in [-0.2, -0.15) is 0 Å². The fraction of sp³-hybridized carbons (Fsp3) is 0.304. The van der Waals surface area contributed by atoms with Crippen LogP contribution in [0.1, 0.15) is 42.1 Å². The van der Waals surface area contributed by atoms with E-state index in [0.717, 1.165) is 6.07 Å². The lowest BCUT2D eigenvalue weighted by Gasteiger charge is -2.31. The Hall–Kier alpha value is -3.79. The zero-order valence-electron chi connectivity index (χ0n) is 17.5. The monoisotopic (exact) mass is 451 g/mol. The van der Waals surface area contributed by atoms with Gasteiger partial charge in [-0.15, -0.1) is 0 Å². The molecule has 3 aliphatic heterocycles. The second-order valence-corrected chi connectivity index (χ2v) is 8.55. The van der Waals surface area contributed by atoms with Crippen LogP contribution in [0.3, 0.4) is 0 Å². The third kappa shape index (κ3) is 2.33. The summed E-state index contributed by atoms with van der Waals surface area (Å²) in [6, 6.07) is 3.88. The molecule has 6 rings (SSSR count). The molecule has 0 amide bonds. The van der Waals surface area contributed by atoms with Gasteiger partial charge in [0.25, 0.3) is 5.56 Å². The molecule has 2 N–H and O–H groups in total. The first kappa shape index (κ1) is 19.9. The molecule has 9 nitrogen and oxygen atoms in total. The Kier molecular flexibility index (Phi) is 3.84. The number of aryl methyl sites for hydroxylation is 1. The molecule has 168 valence electrons. The Morgan fingerprint density at radius 3 is 2.73 bits per heavy atom. The number of carbonyl (C=O) groups is 1. The fourth-order valence-corrected chi connectivity index (χ4v) is 5.36. The van der Waals surface area contributed by atoms with Gasteiger partial charge in [0.15, 0.2) is 11.0 Å². The lowest BCUT2D eigenvalue weighted by molar-refractivity contribution is -0.172. The summed E-state index contributed by atoms with van der Waals surface area (Å²) in [5.74, 6) is -1.49. The third-order valence-electron chi connectivity index (χ3n) is 7.04. The molecule has 5 heterocycles. The zero-order valence-corrected chi connectivity index (χ0v) is 17.5. The SMILES string of the molecule is CC[C@@]1(O)C(=O)OCc2c1cc1n(c2=O)Cc2c-1c(=O)c1cc(F)cc3c1n2CC/C3=N\O.